The summed E-state index contributed by atoms with van der Waals surface area (Å²) >= 11 is 0. The Morgan fingerprint density at radius 2 is 1.90 bits per heavy atom. The zero-order chi connectivity index (χ0) is 21.1. The van der Waals surface area contributed by atoms with Crippen molar-refractivity contribution in [2.75, 3.05) is 25.2 Å². The Balaban J connectivity index is 1.55. The van der Waals surface area contributed by atoms with E-state index in [1.807, 2.05) is 29.2 Å². The van der Waals surface area contributed by atoms with Crippen LogP contribution in [0.4, 0.5) is 23.2 Å². The molecule has 1 atom stereocenters. The van der Waals surface area contributed by atoms with E-state index in [0.29, 0.717) is 18.9 Å². The first-order chi connectivity index (χ1) is 14.3. The monoisotopic (exact) mass is 419 g/mol. The second-order valence-electron chi connectivity index (χ2n) is 7.49. The number of hydrogen-bond donors (Lipinski definition) is 0. The number of halogens is 4. The van der Waals surface area contributed by atoms with Crippen LogP contribution in [-0.4, -0.2) is 20.3 Å². The summed E-state index contributed by atoms with van der Waals surface area (Å²) in [5, 5.41) is 0. The van der Waals surface area contributed by atoms with E-state index in [-0.39, 0.29) is 18.1 Å². The summed E-state index contributed by atoms with van der Waals surface area (Å²) in [5.74, 6) is -0.746. The van der Waals surface area contributed by atoms with Gasteiger partial charge in [-0.15, -0.1) is 0 Å². The maximum absolute atomic E-state index is 14.2. The quantitative estimate of drug-likeness (QED) is 0.551. The van der Waals surface area contributed by atoms with Crippen molar-refractivity contribution in [2.24, 2.45) is 0 Å². The highest BCUT2D eigenvalue weighted by atomic mass is 19.4. The topological polar surface area (TPSA) is 34.8 Å². The second kappa shape index (κ2) is 6.42. The fourth-order valence-corrected chi connectivity index (χ4v) is 4.41. The number of furan rings is 1. The van der Waals surface area contributed by atoms with Gasteiger partial charge in [0.05, 0.1) is 19.1 Å². The molecule has 30 heavy (non-hydrogen) atoms. The smallest absolute Gasteiger partial charge is 0.449 e. The Labute approximate surface area is 169 Å². The summed E-state index contributed by atoms with van der Waals surface area (Å²) in [7, 11) is 1.40. The van der Waals surface area contributed by atoms with E-state index in [1.54, 1.807) is 6.07 Å². The van der Waals surface area contributed by atoms with Gasteiger partial charge in [0, 0.05) is 23.9 Å². The molecule has 0 N–H and O–H groups in total. The lowest BCUT2D eigenvalue weighted by atomic mass is 9.77. The molecule has 0 bridgehead atoms. The number of anilines is 1. The predicted molar refractivity (Wildman–Crippen MR) is 100 cm³/mol. The van der Waals surface area contributed by atoms with Gasteiger partial charge in [0.25, 0.3) is 0 Å². The maximum Gasteiger partial charge on any atom is 0.449 e. The van der Waals surface area contributed by atoms with Crippen LogP contribution in [-0.2, 0) is 18.1 Å². The zero-order valence-electron chi connectivity index (χ0n) is 15.9. The summed E-state index contributed by atoms with van der Waals surface area (Å²) in [6, 6.07) is 12.9. The fourth-order valence-electron chi connectivity index (χ4n) is 4.41. The number of fused-ring (bicyclic) bond motifs is 4. The molecule has 1 aromatic heterocycles. The average molecular weight is 419 g/mol. The molecule has 0 saturated carbocycles. The number of rotatable bonds is 3. The minimum atomic E-state index is -4.53. The predicted octanol–water partition coefficient (Wildman–Crippen LogP) is 5.14. The Bertz CT molecular complexity index is 1120. The molecular formula is C22H17F4NO3. The lowest BCUT2D eigenvalue weighted by Crippen LogP contribution is -2.35. The Hall–Kier alpha value is -3.16. The van der Waals surface area contributed by atoms with Gasteiger partial charge in [0.1, 0.15) is 18.1 Å². The molecule has 2 aliphatic heterocycles. The minimum absolute atomic E-state index is 0.121. The number of alkyl halides is 3. The van der Waals surface area contributed by atoms with Crippen molar-refractivity contribution in [1.82, 2.24) is 0 Å². The molecule has 1 unspecified atom stereocenters. The first-order valence-corrected chi connectivity index (χ1v) is 9.33. The van der Waals surface area contributed by atoms with Crippen LogP contribution in [0.25, 0.3) is 0 Å². The second-order valence-corrected chi connectivity index (χ2v) is 7.49. The highest BCUT2D eigenvalue weighted by Crippen LogP contribution is 2.52. The van der Waals surface area contributed by atoms with E-state index in [4.69, 9.17) is 13.9 Å². The third kappa shape index (κ3) is 2.74. The van der Waals surface area contributed by atoms with Crippen LogP contribution in [0.15, 0.2) is 52.9 Å². The van der Waals surface area contributed by atoms with Gasteiger partial charge in [-0.3, -0.25) is 0 Å². The third-order valence-corrected chi connectivity index (χ3v) is 5.75. The highest BCUT2D eigenvalue weighted by molar-refractivity contribution is 5.69. The molecule has 3 aromatic rings. The SMILES string of the molecule is COc1cc2c(cc1F)OCC21CN(Cc2ccc(C(F)(F)F)o2)c2ccccc21. The van der Waals surface area contributed by atoms with Gasteiger partial charge in [0.15, 0.2) is 11.6 Å². The van der Waals surface area contributed by atoms with Gasteiger partial charge in [0.2, 0.25) is 5.76 Å². The Kier molecular flexibility index (Phi) is 4.03. The molecule has 156 valence electrons. The lowest BCUT2D eigenvalue weighted by molar-refractivity contribution is -0.153. The van der Waals surface area contributed by atoms with Gasteiger partial charge in [-0.25, -0.2) is 4.39 Å². The van der Waals surface area contributed by atoms with E-state index in [1.165, 1.54) is 19.2 Å². The van der Waals surface area contributed by atoms with Crippen LogP contribution < -0.4 is 14.4 Å². The van der Waals surface area contributed by atoms with E-state index >= 15 is 0 Å². The van der Waals surface area contributed by atoms with E-state index in [2.05, 4.69) is 0 Å². The molecule has 2 aliphatic rings. The molecule has 0 radical (unpaired) electrons. The maximum atomic E-state index is 14.2. The first kappa shape index (κ1) is 18.8. The molecule has 0 fully saturated rings. The molecule has 0 amide bonds. The summed E-state index contributed by atoms with van der Waals surface area (Å²) in [6.45, 7) is 0.924. The van der Waals surface area contributed by atoms with Crippen LogP contribution in [0.2, 0.25) is 0 Å². The number of benzene rings is 2. The molecule has 2 aromatic carbocycles. The van der Waals surface area contributed by atoms with Crippen molar-refractivity contribution >= 4 is 5.69 Å². The van der Waals surface area contributed by atoms with Crippen LogP contribution in [0.5, 0.6) is 11.5 Å². The van der Waals surface area contributed by atoms with E-state index in [0.717, 1.165) is 22.9 Å². The minimum Gasteiger partial charge on any atom is -0.494 e. The lowest BCUT2D eigenvalue weighted by Gasteiger charge is -2.25. The fraction of sp³-hybridized carbons (Fsp3) is 0.273. The summed E-state index contributed by atoms with van der Waals surface area (Å²) in [4.78, 5) is 1.96. The molecule has 8 heteroatoms. The van der Waals surface area contributed by atoms with Crippen LogP contribution in [0.1, 0.15) is 22.6 Å². The molecule has 0 aliphatic carbocycles. The molecule has 1 spiro atoms. The summed E-state index contributed by atoms with van der Waals surface area (Å²) < 4.78 is 68.9. The van der Waals surface area contributed by atoms with E-state index in [9.17, 15) is 17.6 Å². The molecule has 4 nitrogen and oxygen atoms in total. The van der Waals surface area contributed by atoms with Crippen molar-refractivity contribution in [1.29, 1.82) is 0 Å². The number of nitrogens with zero attached hydrogens (tertiary/aromatic N) is 1. The van der Waals surface area contributed by atoms with Crippen LogP contribution in [0.3, 0.4) is 0 Å². The Morgan fingerprint density at radius 1 is 1.10 bits per heavy atom. The van der Waals surface area contributed by atoms with Crippen LogP contribution >= 0.6 is 0 Å². The van der Waals surface area contributed by atoms with E-state index < -0.39 is 23.2 Å². The van der Waals surface area contributed by atoms with Gasteiger partial charge < -0.3 is 18.8 Å². The number of para-hydroxylation sites is 1. The third-order valence-electron chi connectivity index (χ3n) is 5.75. The van der Waals surface area contributed by atoms with Crippen molar-refractivity contribution in [3.8, 4) is 11.5 Å². The zero-order valence-corrected chi connectivity index (χ0v) is 15.9. The normalized spacial score (nSPS) is 19.7. The van der Waals surface area contributed by atoms with Crippen molar-refractivity contribution in [3.05, 3.63) is 77.0 Å². The van der Waals surface area contributed by atoms with Gasteiger partial charge in [-0.05, 0) is 29.8 Å². The van der Waals surface area contributed by atoms with Crippen molar-refractivity contribution in [3.63, 3.8) is 0 Å². The Morgan fingerprint density at radius 3 is 2.63 bits per heavy atom. The number of methoxy groups -OCH3 is 1. The largest absolute Gasteiger partial charge is 0.494 e. The molecule has 0 saturated heterocycles. The van der Waals surface area contributed by atoms with Gasteiger partial charge in [-0.2, -0.15) is 13.2 Å². The van der Waals surface area contributed by atoms with Crippen LogP contribution in [0, 0.1) is 5.82 Å². The van der Waals surface area contributed by atoms with Gasteiger partial charge >= 0.3 is 6.18 Å². The van der Waals surface area contributed by atoms with Crippen molar-refractivity contribution in [2.45, 2.75) is 18.1 Å². The standard InChI is InChI=1S/C22H17F4NO3/c1-28-19-8-15-18(9-16(19)23)29-12-21(15)11-27(17-5-3-2-4-14(17)21)10-13-6-7-20(30-13)22(24,25)26/h2-9H,10-12H2,1H3. The molecule has 3 heterocycles. The van der Waals surface area contributed by atoms with Gasteiger partial charge in [-0.1, -0.05) is 18.2 Å². The number of hydrogen-bond acceptors (Lipinski definition) is 4. The summed E-state index contributed by atoms with van der Waals surface area (Å²) in [5.41, 5.74) is 2.07. The summed E-state index contributed by atoms with van der Waals surface area (Å²) in [6.07, 6.45) is -4.53. The highest BCUT2D eigenvalue weighted by Gasteiger charge is 2.50. The first-order valence-electron chi connectivity index (χ1n) is 9.33. The average Bonchev–Trinajstić information content (AvgIpc) is 3.40. The molecular weight excluding hydrogens is 402 g/mol. The number of ether oxygens (including phenoxy) is 2. The molecule has 5 rings (SSSR count). The van der Waals surface area contributed by atoms with Crippen molar-refractivity contribution < 1.29 is 31.5 Å².